The molecule has 0 saturated carbocycles. The molecule has 0 atom stereocenters. The van der Waals surface area contributed by atoms with Crippen LogP contribution in [-0.4, -0.2) is 16.2 Å². The Bertz CT molecular complexity index is 519. The zero-order valence-electron chi connectivity index (χ0n) is 13.6. The molecular formula is C18H27N3. The van der Waals surface area contributed by atoms with Gasteiger partial charge in [-0.3, -0.25) is 5.10 Å². The van der Waals surface area contributed by atoms with Crippen LogP contribution in [0.25, 0.3) is 11.3 Å². The van der Waals surface area contributed by atoms with Crippen LogP contribution >= 0.6 is 0 Å². The molecule has 1 heterocycles. The lowest BCUT2D eigenvalue weighted by Crippen LogP contribution is -2.23. The Morgan fingerprint density at radius 1 is 1.05 bits per heavy atom. The van der Waals surface area contributed by atoms with Crippen LogP contribution in [0.5, 0.6) is 0 Å². The van der Waals surface area contributed by atoms with Crippen molar-refractivity contribution in [1.29, 1.82) is 0 Å². The quantitative estimate of drug-likeness (QED) is 0.755. The highest BCUT2D eigenvalue weighted by molar-refractivity contribution is 5.64. The summed E-state index contributed by atoms with van der Waals surface area (Å²) in [6.07, 6.45) is 4.19. The molecule has 3 heteroatoms. The van der Waals surface area contributed by atoms with Crippen molar-refractivity contribution in [2.75, 3.05) is 5.32 Å². The van der Waals surface area contributed by atoms with E-state index in [1.165, 1.54) is 24.1 Å². The lowest BCUT2D eigenvalue weighted by molar-refractivity contribution is 0.442. The molecule has 2 rings (SSSR count). The average Bonchev–Trinajstić information content (AvgIpc) is 2.91. The Morgan fingerprint density at radius 2 is 1.76 bits per heavy atom. The Kier molecular flexibility index (Phi) is 5.43. The Labute approximate surface area is 128 Å². The summed E-state index contributed by atoms with van der Waals surface area (Å²) in [4.78, 5) is 0. The number of benzene rings is 1. The van der Waals surface area contributed by atoms with Gasteiger partial charge in [0.1, 0.15) is 0 Å². The van der Waals surface area contributed by atoms with E-state index in [0.29, 0.717) is 17.9 Å². The van der Waals surface area contributed by atoms with Crippen LogP contribution < -0.4 is 5.32 Å². The van der Waals surface area contributed by atoms with Gasteiger partial charge in [-0.1, -0.05) is 39.8 Å². The monoisotopic (exact) mass is 285 g/mol. The van der Waals surface area contributed by atoms with Crippen LogP contribution in [0.3, 0.4) is 0 Å². The molecule has 0 aliphatic carbocycles. The fourth-order valence-electron chi connectivity index (χ4n) is 2.78. The van der Waals surface area contributed by atoms with E-state index in [4.69, 9.17) is 0 Å². The maximum absolute atomic E-state index is 4.02. The summed E-state index contributed by atoms with van der Waals surface area (Å²) in [7, 11) is 0. The average molecular weight is 285 g/mol. The number of anilines is 1. The smallest absolute Gasteiger partial charge is 0.0650 e. The number of aromatic amines is 1. The van der Waals surface area contributed by atoms with Crippen molar-refractivity contribution in [3.8, 4) is 11.3 Å². The number of hydrogen-bond donors (Lipinski definition) is 2. The standard InChI is InChI=1S/C18H27N3/c1-13(2)10-17(11-14(3)4)20-16-7-5-6-15(12-16)18-8-9-19-21-18/h5-9,12-14,17,20H,10-11H2,1-4H3,(H,19,21). The van der Waals surface area contributed by atoms with E-state index in [2.05, 4.69) is 67.5 Å². The first-order chi connectivity index (χ1) is 10.0. The third-order valence-corrected chi connectivity index (χ3v) is 3.56. The molecule has 0 spiro atoms. The normalized spacial score (nSPS) is 11.6. The SMILES string of the molecule is CC(C)CC(CC(C)C)Nc1cccc(-c2ccn[nH]2)c1. The van der Waals surface area contributed by atoms with Gasteiger partial charge in [-0.05, 0) is 42.9 Å². The predicted molar refractivity (Wildman–Crippen MR) is 90.3 cm³/mol. The zero-order chi connectivity index (χ0) is 15.2. The second kappa shape index (κ2) is 7.30. The predicted octanol–water partition coefficient (Wildman–Crippen LogP) is 4.95. The Hall–Kier alpha value is -1.77. The summed E-state index contributed by atoms with van der Waals surface area (Å²) in [5.41, 5.74) is 3.42. The summed E-state index contributed by atoms with van der Waals surface area (Å²) in [5, 5.41) is 10.8. The van der Waals surface area contributed by atoms with Crippen LogP contribution in [0.15, 0.2) is 36.5 Å². The maximum Gasteiger partial charge on any atom is 0.0650 e. The van der Waals surface area contributed by atoms with Crippen LogP contribution in [0.1, 0.15) is 40.5 Å². The van der Waals surface area contributed by atoms with Gasteiger partial charge in [-0.25, -0.2) is 0 Å². The van der Waals surface area contributed by atoms with E-state index in [1.807, 2.05) is 6.07 Å². The number of nitrogens with zero attached hydrogens (tertiary/aromatic N) is 1. The molecule has 0 unspecified atom stereocenters. The molecule has 0 saturated heterocycles. The molecule has 114 valence electrons. The van der Waals surface area contributed by atoms with E-state index in [1.54, 1.807) is 6.20 Å². The van der Waals surface area contributed by atoms with Crippen molar-refractivity contribution in [3.63, 3.8) is 0 Å². The molecule has 0 bridgehead atoms. The topological polar surface area (TPSA) is 40.7 Å². The molecule has 1 aromatic carbocycles. The molecule has 0 amide bonds. The van der Waals surface area contributed by atoms with Gasteiger partial charge in [0.2, 0.25) is 0 Å². The second-order valence-corrected chi connectivity index (χ2v) is 6.65. The summed E-state index contributed by atoms with van der Waals surface area (Å²) in [6.45, 7) is 9.15. The van der Waals surface area contributed by atoms with Crippen molar-refractivity contribution in [3.05, 3.63) is 36.5 Å². The van der Waals surface area contributed by atoms with Crippen LogP contribution in [-0.2, 0) is 0 Å². The minimum atomic E-state index is 0.530. The molecule has 2 N–H and O–H groups in total. The van der Waals surface area contributed by atoms with Crippen molar-refractivity contribution in [2.24, 2.45) is 11.8 Å². The van der Waals surface area contributed by atoms with Gasteiger partial charge >= 0.3 is 0 Å². The molecule has 3 nitrogen and oxygen atoms in total. The Morgan fingerprint density at radius 3 is 2.33 bits per heavy atom. The molecule has 0 aliphatic rings. The van der Waals surface area contributed by atoms with Crippen LogP contribution in [0.2, 0.25) is 0 Å². The molecule has 0 fully saturated rings. The first-order valence-electron chi connectivity index (χ1n) is 7.91. The van der Waals surface area contributed by atoms with Gasteiger partial charge in [0.05, 0.1) is 5.69 Å². The largest absolute Gasteiger partial charge is 0.382 e. The van der Waals surface area contributed by atoms with E-state index < -0.39 is 0 Å². The fourth-order valence-corrected chi connectivity index (χ4v) is 2.78. The third-order valence-electron chi connectivity index (χ3n) is 3.56. The fraction of sp³-hybridized carbons (Fsp3) is 0.500. The van der Waals surface area contributed by atoms with Gasteiger partial charge < -0.3 is 5.32 Å². The summed E-state index contributed by atoms with van der Waals surface area (Å²) >= 11 is 0. The molecule has 0 aliphatic heterocycles. The first-order valence-corrected chi connectivity index (χ1v) is 7.91. The van der Waals surface area contributed by atoms with Gasteiger partial charge in [0.15, 0.2) is 0 Å². The van der Waals surface area contributed by atoms with Crippen molar-refractivity contribution in [1.82, 2.24) is 10.2 Å². The number of hydrogen-bond acceptors (Lipinski definition) is 2. The maximum atomic E-state index is 4.02. The van der Waals surface area contributed by atoms with E-state index in [9.17, 15) is 0 Å². The number of H-pyrrole nitrogens is 1. The van der Waals surface area contributed by atoms with Crippen LogP contribution in [0, 0.1) is 11.8 Å². The van der Waals surface area contributed by atoms with Gasteiger partial charge in [-0.2, -0.15) is 5.10 Å². The molecule has 2 aromatic rings. The minimum absolute atomic E-state index is 0.530. The van der Waals surface area contributed by atoms with Crippen molar-refractivity contribution < 1.29 is 0 Å². The van der Waals surface area contributed by atoms with Gasteiger partial charge in [0, 0.05) is 23.5 Å². The van der Waals surface area contributed by atoms with E-state index in [-0.39, 0.29) is 0 Å². The highest BCUT2D eigenvalue weighted by atomic mass is 15.1. The minimum Gasteiger partial charge on any atom is -0.382 e. The number of rotatable bonds is 7. The molecule has 21 heavy (non-hydrogen) atoms. The van der Waals surface area contributed by atoms with Gasteiger partial charge in [-0.15, -0.1) is 0 Å². The second-order valence-electron chi connectivity index (χ2n) is 6.65. The Balaban J connectivity index is 2.11. The lowest BCUT2D eigenvalue weighted by Gasteiger charge is -2.23. The summed E-state index contributed by atoms with van der Waals surface area (Å²) < 4.78 is 0. The van der Waals surface area contributed by atoms with E-state index >= 15 is 0 Å². The highest BCUT2D eigenvalue weighted by Crippen LogP contribution is 2.23. The van der Waals surface area contributed by atoms with Crippen molar-refractivity contribution >= 4 is 5.69 Å². The highest BCUT2D eigenvalue weighted by Gasteiger charge is 2.13. The van der Waals surface area contributed by atoms with Crippen LogP contribution in [0.4, 0.5) is 5.69 Å². The number of aromatic nitrogens is 2. The molecule has 0 radical (unpaired) electrons. The van der Waals surface area contributed by atoms with E-state index in [0.717, 1.165) is 5.69 Å². The summed E-state index contributed by atoms with van der Waals surface area (Å²) in [6, 6.07) is 11.1. The van der Waals surface area contributed by atoms with Gasteiger partial charge in [0.25, 0.3) is 0 Å². The zero-order valence-corrected chi connectivity index (χ0v) is 13.6. The summed E-state index contributed by atoms with van der Waals surface area (Å²) in [5.74, 6) is 1.41. The third kappa shape index (κ3) is 4.92. The first kappa shape index (κ1) is 15.6. The molecular weight excluding hydrogens is 258 g/mol. The number of nitrogens with one attached hydrogen (secondary N) is 2. The lowest BCUT2D eigenvalue weighted by atomic mass is 9.95. The molecule has 1 aromatic heterocycles. The van der Waals surface area contributed by atoms with Crippen molar-refractivity contribution in [2.45, 2.75) is 46.6 Å².